The van der Waals surface area contributed by atoms with Crippen molar-refractivity contribution in [1.82, 2.24) is 0 Å². The van der Waals surface area contributed by atoms with Gasteiger partial charge in [0, 0.05) is 11.4 Å². The van der Waals surface area contributed by atoms with Gasteiger partial charge in [0.2, 0.25) is 0 Å². The van der Waals surface area contributed by atoms with Gasteiger partial charge in [-0.1, -0.05) is 13.8 Å². The molecule has 0 saturated carbocycles. The lowest BCUT2D eigenvalue weighted by Gasteiger charge is -2.05. The first-order valence-corrected chi connectivity index (χ1v) is 5.92. The third kappa shape index (κ3) is 4.34. The van der Waals surface area contributed by atoms with E-state index in [0.717, 1.165) is 12.8 Å². The minimum Gasteiger partial charge on any atom is -0.493 e. The van der Waals surface area contributed by atoms with Crippen LogP contribution in [0, 0.1) is 5.92 Å². The fourth-order valence-corrected chi connectivity index (χ4v) is 1.85. The molecular weight excluding hydrogens is 212 g/mol. The standard InChI is InChI=1S/C11H16O3S/c1-8(2)4-3-5-14-9-6-10(11(12)13)15-7-9/h6-8H,3-5H2,1-2H3,(H,12,13). The molecule has 1 aromatic heterocycles. The molecule has 0 spiro atoms. The van der Waals surface area contributed by atoms with Crippen LogP contribution in [0.25, 0.3) is 0 Å². The molecule has 0 aromatic carbocycles. The average molecular weight is 228 g/mol. The molecule has 0 saturated heterocycles. The highest BCUT2D eigenvalue weighted by Gasteiger charge is 2.07. The summed E-state index contributed by atoms with van der Waals surface area (Å²) in [5.74, 6) is 0.462. The third-order valence-corrected chi connectivity index (χ3v) is 2.88. The fraction of sp³-hybridized carbons (Fsp3) is 0.545. The highest BCUT2D eigenvalue weighted by atomic mass is 32.1. The van der Waals surface area contributed by atoms with E-state index in [4.69, 9.17) is 9.84 Å². The van der Waals surface area contributed by atoms with Gasteiger partial charge in [-0.25, -0.2) is 4.79 Å². The van der Waals surface area contributed by atoms with Crippen LogP contribution in [0.5, 0.6) is 5.75 Å². The summed E-state index contributed by atoms with van der Waals surface area (Å²) in [5.41, 5.74) is 0. The number of rotatable bonds is 6. The van der Waals surface area contributed by atoms with Crippen LogP contribution in [-0.2, 0) is 0 Å². The van der Waals surface area contributed by atoms with Crippen molar-refractivity contribution in [3.05, 3.63) is 16.3 Å². The van der Waals surface area contributed by atoms with E-state index in [9.17, 15) is 4.79 Å². The van der Waals surface area contributed by atoms with Crippen molar-refractivity contribution in [2.75, 3.05) is 6.61 Å². The lowest BCUT2D eigenvalue weighted by Crippen LogP contribution is -1.99. The van der Waals surface area contributed by atoms with E-state index in [1.54, 1.807) is 11.4 Å². The topological polar surface area (TPSA) is 46.5 Å². The minimum atomic E-state index is -0.892. The van der Waals surface area contributed by atoms with Gasteiger partial charge in [-0.15, -0.1) is 11.3 Å². The molecule has 0 fully saturated rings. The number of thiophene rings is 1. The molecule has 0 amide bonds. The van der Waals surface area contributed by atoms with E-state index in [-0.39, 0.29) is 0 Å². The fourth-order valence-electron chi connectivity index (χ4n) is 1.19. The second kappa shape index (κ2) is 5.75. The van der Waals surface area contributed by atoms with E-state index < -0.39 is 5.97 Å². The van der Waals surface area contributed by atoms with Crippen LogP contribution in [0.3, 0.4) is 0 Å². The monoisotopic (exact) mass is 228 g/mol. The Morgan fingerprint density at radius 1 is 1.60 bits per heavy atom. The summed E-state index contributed by atoms with van der Waals surface area (Å²) in [6.45, 7) is 5.01. The van der Waals surface area contributed by atoms with Gasteiger partial charge in [0.25, 0.3) is 0 Å². The molecule has 1 aromatic rings. The lowest BCUT2D eigenvalue weighted by atomic mass is 10.1. The Balaban J connectivity index is 2.29. The van der Waals surface area contributed by atoms with E-state index in [1.165, 1.54) is 11.3 Å². The second-order valence-corrected chi connectivity index (χ2v) is 4.75. The summed E-state index contributed by atoms with van der Waals surface area (Å²) < 4.78 is 5.43. The van der Waals surface area contributed by atoms with Crippen molar-refractivity contribution in [3.8, 4) is 5.75 Å². The van der Waals surface area contributed by atoms with Crippen molar-refractivity contribution in [2.45, 2.75) is 26.7 Å². The van der Waals surface area contributed by atoms with Crippen molar-refractivity contribution < 1.29 is 14.6 Å². The highest BCUT2D eigenvalue weighted by molar-refractivity contribution is 7.12. The molecule has 1 N–H and O–H groups in total. The van der Waals surface area contributed by atoms with Gasteiger partial charge in [-0.3, -0.25) is 0 Å². The van der Waals surface area contributed by atoms with Gasteiger partial charge < -0.3 is 9.84 Å². The predicted molar refractivity (Wildman–Crippen MR) is 60.8 cm³/mol. The number of aromatic carboxylic acids is 1. The highest BCUT2D eigenvalue weighted by Crippen LogP contribution is 2.21. The average Bonchev–Trinajstić information content (AvgIpc) is 2.60. The predicted octanol–water partition coefficient (Wildman–Crippen LogP) is 3.26. The van der Waals surface area contributed by atoms with E-state index in [1.807, 2.05) is 0 Å². The minimum absolute atomic E-state index is 0.328. The summed E-state index contributed by atoms with van der Waals surface area (Å²) >= 11 is 1.20. The van der Waals surface area contributed by atoms with Gasteiger partial charge in [0.05, 0.1) is 6.61 Å². The van der Waals surface area contributed by atoms with Crippen LogP contribution < -0.4 is 4.74 Å². The van der Waals surface area contributed by atoms with E-state index in [2.05, 4.69) is 13.8 Å². The Kier molecular flexibility index (Phi) is 4.62. The zero-order valence-electron chi connectivity index (χ0n) is 9.03. The van der Waals surface area contributed by atoms with Gasteiger partial charge in [0.1, 0.15) is 10.6 Å². The van der Waals surface area contributed by atoms with Crippen LogP contribution in [0.4, 0.5) is 0 Å². The van der Waals surface area contributed by atoms with Crippen LogP contribution in [0.1, 0.15) is 36.4 Å². The number of hydrogen-bond donors (Lipinski definition) is 1. The van der Waals surface area contributed by atoms with Crippen molar-refractivity contribution in [2.24, 2.45) is 5.92 Å². The first-order valence-electron chi connectivity index (χ1n) is 5.04. The molecule has 0 aliphatic heterocycles. The molecule has 15 heavy (non-hydrogen) atoms. The molecule has 0 unspecified atom stereocenters. The molecule has 84 valence electrons. The first kappa shape index (κ1) is 12.0. The quantitative estimate of drug-likeness (QED) is 0.760. The maximum Gasteiger partial charge on any atom is 0.346 e. The summed E-state index contributed by atoms with van der Waals surface area (Å²) in [7, 11) is 0. The Bertz CT molecular complexity index is 317. The molecule has 0 radical (unpaired) electrons. The normalized spacial score (nSPS) is 10.6. The molecule has 4 heteroatoms. The summed E-state index contributed by atoms with van der Waals surface area (Å²) in [6, 6.07) is 1.57. The van der Waals surface area contributed by atoms with E-state index >= 15 is 0 Å². The Hall–Kier alpha value is -1.03. The largest absolute Gasteiger partial charge is 0.493 e. The number of carbonyl (C=O) groups is 1. The molecule has 3 nitrogen and oxygen atoms in total. The van der Waals surface area contributed by atoms with Crippen molar-refractivity contribution in [1.29, 1.82) is 0 Å². The van der Waals surface area contributed by atoms with Crippen LogP contribution in [-0.4, -0.2) is 17.7 Å². The van der Waals surface area contributed by atoms with Gasteiger partial charge in [0.15, 0.2) is 0 Å². The molecule has 1 rings (SSSR count). The van der Waals surface area contributed by atoms with Crippen molar-refractivity contribution in [3.63, 3.8) is 0 Å². The molecular formula is C11H16O3S. The smallest absolute Gasteiger partial charge is 0.346 e. The lowest BCUT2D eigenvalue weighted by molar-refractivity contribution is 0.0702. The first-order chi connectivity index (χ1) is 7.09. The zero-order valence-corrected chi connectivity index (χ0v) is 9.84. The van der Waals surface area contributed by atoms with Gasteiger partial charge in [-0.05, 0) is 18.8 Å². The van der Waals surface area contributed by atoms with Gasteiger partial charge >= 0.3 is 5.97 Å². The van der Waals surface area contributed by atoms with Crippen LogP contribution in [0.15, 0.2) is 11.4 Å². The number of hydrogen-bond acceptors (Lipinski definition) is 3. The third-order valence-electron chi connectivity index (χ3n) is 1.98. The molecule has 0 atom stereocenters. The summed E-state index contributed by atoms with van der Waals surface area (Å²) in [5, 5.41) is 10.4. The maximum absolute atomic E-state index is 10.6. The maximum atomic E-state index is 10.6. The van der Waals surface area contributed by atoms with Crippen LogP contribution >= 0.6 is 11.3 Å². The Morgan fingerprint density at radius 2 is 2.33 bits per heavy atom. The zero-order chi connectivity index (χ0) is 11.3. The SMILES string of the molecule is CC(C)CCCOc1csc(C(=O)O)c1. The summed E-state index contributed by atoms with van der Waals surface area (Å²) in [6.07, 6.45) is 2.14. The summed E-state index contributed by atoms with van der Waals surface area (Å²) in [4.78, 5) is 10.9. The number of carboxylic acid groups (broad SMARTS) is 1. The Labute approximate surface area is 93.7 Å². The van der Waals surface area contributed by atoms with Crippen LogP contribution in [0.2, 0.25) is 0 Å². The van der Waals surface area contributed by atoms with E-state index in [0.29, 0.717) is 23.2 Å². The molecule has 0 aliphatic carbocycles. The molecule has 0 bridgehead atoms. The second-order valence-electron chi connectivity index (χ2n) is 3.84. The number of ether oxygens (including phenoxy) is 1. The van der Waals surface area contributed by atoms with Crippen molar-refractivity contribution >= 4 is 17.3 Å². The Morgan fingerprint density at radius 3 is 2.87 bits per heavy atom. The number of carboxylic acids is 1. The van der Waals surface area contributed by atoms with Gasteiger partial charge in [-0.2, -0.15) is 0 Å². The molecule has 1 heterocycles. The molecule has 0 aliphatic rings.